The highest BCUT2D eigenvalue weighted by molar-refractivity contribution is 7.49. The van der Waals surface area contributed by atoms with Crippen molar-refractivity contribution >= 4 is 13.8 Å². The highest BCUT2D eigenvalue weighted by Gasteiger charge is 2.39. The lowest BCUT2D eigenvalue weighted by Gasteiger charge is -2.31. The number of esters is 1. The maximum Gasteiger partial charge on any atom is 0.531 e. The molecule has 0 aliphatic heterocycles. The number of aryl methyl sites for hydroxylation is 1. The molecular weight excluding hydrogens is 355 g/mol. The van der Waals surface area contributed by atoms with Crippen LogP contribution in [0.25, 0.3) is 0 Å². The summed E-state index contributed by atoms with van der Waals surface area (Å²) in [5.41, 5.74) is -0.776. The van der Waals surface area contributed by atoms with Gasteiger partial charge in [0.2, 0.25) is 0 Å². The van der Waals surface area contributed by atoms with Crippen molar-refractivity contribution in [2.75, 3.05) is 6.61 Å². The number of ether oxygens (including phenoxy) is 1. The molecule has 0 aliphatic rings. The van der Waals surface area contributed by atoms with E-state index in [4.69, 9.17) is 18.3 Å². The van der Waals surface area contributed by atoms with Gasteiger partial charge in [-0.25, -0.2) is 9.36 Å². The van der Waals surface area contributed by atoms with Crippen LogP contribution in [0.15, 0.2) is 30.9 Å². The van der Waals surface area contributed by atoms with Crippen molar-refractivity contribution in [1.82, 2.24) is 0 Å². The van der Waals surface area contributed by atoms with Gasteiger partial charge in [-0.15, -0.1) is 0 Å². The molecular formula is C19H29O6P. The molecule has 0 radical (unpaired) electrons. The Morgan fingerprint density at radius 1 is 1.12 bits per heavy atom. The van der Waals surface area contributed by atoms with Crippen LogP contribution in [0, 0.1) is 6.92 Å². The molecule has 0 aliphatic carbocycles. The minimum absolute atomic E-state index is 0.0568. The molecule has 6 nitrogen and oxygen atoms in total. The van der Waals surface area contributed by atoms with E-state index < -0.39 is 25.0 Å². The van der Waals surface area contributed by atoms with Crippen molar-refractivity contribution in [3.8, 4) is 5.75 Å². The standard InChI is InChI=1S/C19H29O6P/c1-9-13-22-17(20)16-14(2)11-10-12-15(16)23-26(21,24-18(3,4)5)25-19(6,7)8/h9-12H,1,13H2,2-8H3. The summed E-state index contributed by atoms with van der Waals surface area (Å²) >= 11 is 0. The van der Waals surface area contributed by atoms with Crippen LogP contribution >= 0.6 is 7.82 Å². The lowest BCUT2D eigenvalue weighted by molar-refractivity contribution is 0.0222. The molecule has 0 fully saturated rings. The number of phosphoric ester groups is 1. The SMILES string of the molecule is C=CCOC(=O)c1c(C)cccc1OP(=O)(OC(C)(C)C)OC(C)(C)C. The summed E-state index contributed by atoms with van der Waals surface area (Å²) in [6, 6.07) is 4.95. The van der Waals surface area contributed by atoms with Crippen LogP contribution in [0.1, 0.15) is 57.5 Å². The number of hydrogen-bond acceptors (Lipinski definition) is 6. The topological polar surface area (TPSA) is 71.1 Å². The first-order chi connectivity index (χ1) is 11.8. The zero-order valence-electron chi connectivity index (χ0n) is 16.6. The fraction of sp³-hybridized carbons (Fsp3) is 0.526. The molecule has 0 heterocycles. The first-order valence-electron chi connectivity index (χ1n) is 8.35. The monoisotopic (exact) mass is 384 g/mol. The van der Waals surface area contributed by atoms with E-state index in [1.54, 1.807) is 60.6 Å². The van der Waals surface area contributed by atoms with Crippen LogP contribution in [0.2, 0.25) is 0 Å². The highest BCUT2D eigenvalue weighted by Crippen LogP contribution is 2.55. The molecule has 1 aromatic rings. The number of benzene rings is 1. The van der Waals surface area contributed by atoms with Crippen molar-refractivity contribution in [1.29, 1.82) is 0 Å². The van der Waals surface area contributed by atoms with Gasteiger partial charge in [0.15, 0.2) is 0 Å². The lowest BCUT2D eigenvalue weighted by atomic mass is 10.1. The summed E-state index contributed by atoms with van der Waals surface area (Å²) in [4.78, 5) is 12.4. The smallest absolute Gasteiger partial charge is 0.458 e. The molecule has 0 aromatic heterocycles. The van der Waals surface area contributed by atoms with Crippen molar-refractivity contribution in [2.45, 2.75) is 59.7 Å². The summed E-state index contributed by atoms with van der Waals surface area (Å²) in [6.07, 6.45) is 1.47. The lowest BCUT2D eigenvalue weighted by Crippen LogP contribution is -2.26. The van der Waals surface area contributed by atoms with E-state index in [0.29, 0.717) is 5.56 Å². The minimum atomic E-state index is -4.02. The third-order valence-electron chi connectivity index (χ3n) is 2.75. The molecule has 0 bridgehead atoms. The van der Waals surface area contributed by atoms with Crippen molar-refractivity contribution in [3.05, 3.63) is 42.0 Å². The second-order valence-electron chi connectivity index (χ2n) is 7.78. The average molecular weight is 384 g/mol. The van der Waals surface area contributed by atoms with E-state index in [1.807, 2.05) is 0 Å². The summed E-state index contributed by atoms with van der Waals surface area (Å²) in [6.45, 7) is 15.8. The summed E-state index contributed by atoms with van der Waals surface area (Å²) in [7, 11) is -4.02. The van der Waals surface area contributed by atoms with Gasteiger partial charge in [0.05, 0.1) is 11.2 Å². The maximum absolute atomic E-state index is 13.3. The van der Waals surface area contributed by atoms with Crippen molar-refractivity contribution in [2.24, 2.45) is 0 Å². The van der Waals surface area contributed by atoms with E-state index in [0.717, 1.165) is 0 Å². The largest absolute Gasteiger partial charge is 0.531 e. The number of carbonyl (C=O) groups excluding carboxylic acids is 1. The highest BCUT2D eigenvalue weighted by atomic mass is 31.2. The van der Waals surface area contributed by atoms with E-state index >= 15 is 0 Å². The van der Waals surface area contributed by atoms with Crippen LogP contribution in [0.3, 0.4) is 0 Å². The minimum Gasteiger partial charge on any atom is -0.458 e. The molecule has 1 aromatic carbocycles. The van der Waals surface area contributed by atoms with Gasteiger partial charge >= 0.3 is 13.8 Å². The Morgan fingerprint density at radius 3 is 2.12 bits per heavy atom. The molecule has 0 amide bonds. The van der Waals surface area contributed by atoms with Crippen LogP contribution in [-0.2, 0) is 18.3 Å². The third kappa shape index (κ3) is 7.32. The Labute approximate surface area is 156 Å². The Morgan fingerprint density at radius 2 is 1.65 bits per heavy atom. The summed E-state index contributed by atoms with van der Waals surface area (Å²) < 4.78 is 35.2. The molecule has 0 spiro atoms. The number of carbonyl (C=O) groups is 1. The molecule has 0 saturated carbocycles. The summed E-state index contributed by atoms with van der Waals surface area (Å²) in [5.74, 6) is -0.521. The Bertz CT molecular complexity index is 677. The van der Waals surface area contributed by atoms with Gasteiger partial charge in [0.1, 0.15) is 17.9 Å². The van der Waals surface area contributed by atoms with Gasteiger partial charge in [-0.2, -0.15) is 0 Å². The van der Waals surface area contributed by atoms with Crippen molar-refractivity contribution < 1.29 is 27.7 Å². The Kier molecular flexibility index (Phi) is 7.23. The van der Waals surface area contributed by atoms with Gasteiger partial charge in [-0.3, -0.25) is 9.05 Å². The summed E-state index contributed by atoms with van der Waals surface area (Å²) in [5, 5.41) is 0. The van der Waals surface area contributed by atoms with Crippen LogP contribution < -0.4 is 4.52 Å². The molecule has 26 heavy (non-hydrogen) atoms. The fourth-order valence-corrected chi connectivity index (χ4v) is 3.88. The van der Waals surface area contributed by atoms with E-state index in [-0.39, 0.29) is 17.9 Å². The Hall–Kier alpha value is -1.62. The van der Waals surface area contributed by atoms with Crippen molar-refractivity contribution in [3.63, 3.8) is 0 Å². The van der Waals surface area contributed by atoms with Crippen LogP contribution in [0.4, 0.5) is 0 Å². The quantitative estimate of drug-likeness (QED) is 0.353. The van der Waals surface area contributed by atoms with Gasteiger partial charge in [0.25, 0.3) is 0 Å². The van der Waals surface area contributed by atoms with Crippen LogP contribution in [0.5, 0.6) is 5.75 Å². The Balaban J connectivity index is 3.30. The number of hydrogen-bond donors (Lipinski definition) is 0. The molecule has 0 unspecified atom stereocenters. The predicted molar refractivity (Wildman–Crippen MR) is 102 cm³/mol. The zero-order valence-corrected chi connectivity index (χ0v) is 17.5. The van der Waals surface area contributed by atoms with Crippen LogP contribution in [-0.4, -0.2) is 23.8 Å². The molecule has 1 rings (SSSR count). The molecule has 146 valence electrons. The molecule has 7 heteroatoms. The molecule has 0 N–H and O–H groups in total. The first kappa shape index (κ1) is 22.4. The second kappa shape index (κ2) is 8.38. The maximum atomic E-state index is 13.3. The van der Waals surface area contributed by atoms with E-state index in [9.17, 15) is 9.36 Å². The van der Waals surface area contributed by atoms with Gasteiger partial charge < -0.3 is 9.26 Å². The molecule has 0 saturated heterocycles. The van der Waals surface area contributed by atoms with Gasteiger partial charge in [0, 0.05) is 0 Å². The predicted octanol–water partition coefficient (Wildman–Crippen LogP) is 5.45. The first-order valence-corrected chi connectivity index (χ1v) is 9.81. The van der Waals surface area contributed by atoms with E-state index in [1.165, 1.54) is 12.1 Å². The van der Waals surface area contributed by atoms with E-state index in [2.05, 4.69) is 6.58 Å². The fourth-order valence-electron chi connectivity index (χ4n) is 2.03. The number of phosphoric acid groups is 1. The van der Waals surface area contributed by atoms with Gasteiger partial charge in [-0.05, 0) is 60.1 Å². The third-order valence-corrected chi connectivity index (χ3v) is 4.72. The van der Waals surface area contributed by atoms with Gasteiger partial charge in [-0.1, -0.05) is 24.8 Å². The number of rotatable bonds is 7. The second-order valence-corrected chi connectivity index (χ2v) is 9.22. The zero-order chi connectivity index (χ0) is 20.2. The average Bonchev–Trinajstić information content (AvgIpc) is 2.40. The normalized spacial score (nSPS) is 12.6. The molecule has 0 atom stereocenters.